The van der Waals surface area contributed by atoms with Gasteiger partial charge in [-0.15, -0.1) is 0 Å². The zero-order valence-electron chi connectivity index (χ0n) is 14.8. The predicted molar refractivity (Wildman–Crippen MR) is 112 cm³/mol. The molecule has 27 heavy (non-hydrogen) atoms. The Bertz CT molecular complexity index is 1020. The van der Waals surface area contributed by atoms with E-state index in [-0.39, 0.29) is 5.91 Å². The molecule has 0 saturated heterocycles. The van der Waals surface area contributed by atoms with Gasteiger partial charge in [0.1, 0.15) is 0 Å². The van der Waals surface area contributed by atoms with Gasteiger partial charge in [-0.25, -0.2) is 0 Å². The van der Waals surface area contributed by atoms with Crippen molar-refractivity contribution in [3.05, 3.63) is 115 Å². The molecule has 0 aliphatic carbocycles. The highest BCUT2D eigenvalue weighted by Gasteiger charge is 2.05. The van der Waals surface area contributed by atoms with Crippen LogP contribution in [0.3, 0.4) is 0 Å². The van der Waals surface area contributed by atoms with Gasteiger partial charge in [-0.1, -0.05) is 84.9 Å². The summed E-state index contributed by atoms with van der Waals surface area (Å²) in [5.74, 6) is -0.101. The number of carbonyl (C=O) groups is 1. The number of rotatable bonds is 4. The van der Waals surface area contributed by atoms with E-state index in [0.717, 1.165) is 16.8 Å². The highest BCUT2D eigenvalue weighted by Crippen LogP contribution is 2.25. The van der Waals surface area contributed by atoms with E-state index in [2.05, 4.69) is 41.7 Å². The topological polar surface area (TPSA) is 29.1 Å². The minimum Gasteiger partial charge on any atom is -0.322 e. The standard InChI is InChI=1S/C25H19NO/c27-25(23-9-5-2-6-10-23)26-24-17-15-22(16-18-24)21-13-11-20(12-14-21)19-7-3-1-4-8-19/h1-18H,(H,26,27). The number of benzene rings is 4. The number of carbonyl (C=O) groups excluding carboxylic acids is 1. The first-order valence-corrected chi connectivity index (χ1v) is 8.92. The first-order chi connectivity index (χ1) is 13.3. The van der Waals surface area contributed by atoms with Crippen LogP contribution in [0.2, 0.25) is 0 Å². The molecule has 0 aliphatic heterocycles. The molecular formula is C25H19NO. The third-order valence-electron chi connectivity index (χ3n) is 4.50. The minimum atomic E-state index is -0.101. The molecule has 0 aromatic heterocycles. The fraction of sp³-hybridized carbons (Fsp3) is 0. The normalized spacial score (nSPS) is 10.4. The van der Waals surface area contributed by atoms with Crippen LogP contribution < -0.4 is 5.32 Å². The molecule has 4 aromatic carbocycles. The molecule has 0 heterocycles. The lowest BCUT2D eigenvalue weighted by Crippen LogP contribution is -2.11. The van der Waals surface area contributed by atoms with Crippen LogP contribution in [-0.4, -0.2) is 5.91 Å². The van der Waals surface area contributed by atoms with Crippen LogP contribution in [-0.2, 0) is 0 Å². The second kappa shape index (κ2) is 7.71. The van der Waals surface area contributed by atoms with E-state index in [1.165, 1.54) is 11.1 Å². The average molecular weight is 349 g/mol. The van der Waals surface area contributed by atoms with E-state index in [1.807, 2.05) is 60.7 Å². The van der Waals surface area contributed by atoms with Gasteiger partial charge in [-0.05, 0) is 46.5 Å². The Morgan fingerprint density at radius 1 is 0.481 bits per heavy atom. The highest BCUT2D eigenvalue weighted by molar-refractivity contribution is 6.04. The maximum atomic E-state index is 12.2. The molecule has 2 nitrogen and oxygen atoms in total. The lowest BCUT2D eigenvalue weighted by atomic mass is 10.0. The third kappa shape index (κ3) is 3.96. The van der Waals surface area contributed by atoms with E-state index in [9.17, 15) is 4.79 Å². The molecule has 0 radical (unpaired) electrons. The highest BCUT2D eigenvalue weighted by atomic mass is 16.1. The molecule has 130 valence electrons. The van der Waals surface area contributed by atoms with Crippen molar-refractivity contribution >= 4 is 11.6 Å². The molecule has 4 aromatic rings. The van der Waals surface area contributed by atoms with E-state index in [0.29, 0.717) is 5.56 Å². The van der Waals surface area contributed by atoms with Gasteiger partial charge in [0.15, 0.2) is 0 Å². The Morgan fingerprint density at radius 2 is 0.889 bits per heavy atom. The van der Waals surface area contributed by atoms with E-state index in [4.69, 9.17) is 0 Å². The first kappa shape index (κ1) is 16.8. The van der Waals surface area contributed by atoms with E-state index >= 15 is 0 Å². The second-order valence-corrected chi connectivity index (χ2v) is 6.34. The monoisotopic (exact) mass is 349 g/mol. The third-order valence-corrected chi connectivity index (χ3v) is 4.50. The van der Waals surface area contributed by atoms with Crippen LogP contribution in [0.15, 0.2) is 109 Å². The Balaban J connectivity index is 1.48. The molecule has 0 atom stereocenters. The predicted octanol–water partition coefficient (Wildman–Crippen LogP) is 6.27. The first-order valence-electron chi connectivity index (χ1n) is 8.92. The summed E-state index contributed by atoms with van der Waals surface area (Å²) in [4.78, 5) is 12.2. The second-order valence-electron chi connectivity index (χ2n) is 6.34. The minimum absolute atomic E-state index is 0.101. The SMILES string of the molecule is O=C(Nc1ccc(-c2ccc(-c3ccccc3)cc2)cc1)c1ccccc1. The molecule has 0 aliphatic rings. The summed E-state index contributed by atoms with van der Waals surface area (Å²) in [5.41, 5.74) is 6.11. The maximum Gasteiger partial charge on any atom is 0.255 e. The molecular weight excluding hydrogens is 330 g/mol. The lowest BCUT2D eigenvalue weighted by Gasteiger charge is -2.08. The summed E-state index contributed by atoms with van der Waals surface area (Å²) in [7, 11) is 0. The van der Waals surface area contributed by atoms with Gasteiger partial charge in [0.2, 0.25) is 0 Å². The summed E-state index contributed by atoms with van der Waals surface area (Å²) < 4.78 is 0. The smallest absolute Gasteiger partial charge is 0.255 e. The van der Waals surface area contributed by atoms with Crippen molar-refractivity contribution < 1.29 is 4.79 Å². The van der Waals surface area contributed by atoms with Crippen molar-refractivity contribution in [2.45, 2.75) is 0 Å². The number of hydrogen-bond donors (Lipinski definition) is 1. The number of nitrogens with one attached hydrogen (secondary N) is 1. The Morgan fingerprint density at radius 3 is 1.41 bits per heavy atom. The summed E-state index contributed by atoms with van der Waals surface area (Å²) in [6, 6.07) is 36.0. The van der Waals surface area contributed by atoms with Crippen LogP contribution in [0.25, 0.3) is 22.3 Å². The molecule has 0 fully saturated rings. The van der Waals surface area contributed by atoms with Crippen molar-refractivity contribution in [2.75, 3.05) is 5.32 Å². The summed E-state index contributed by atoms with van der Waals surface area (Å²) in [6.45, 7) is 0. The van der Waals surface area contributed by atoms with Crippen molar-refractivity contribution in [3.63, 3.8) is 0 Å². The van der Waals surface area contributed by atoms with Crippen LogP contribution in [0.1, 0.15) is 10.4 Å². The average Bonchev–Trinajstić information content (AvgIpc) is 2.76. The van der Waals surface area contributed by atoms with Crippen molar-refractivity contribution in [3.8, 4) is 22.3 Å². The summed E-state index contributed by atoms with van der Waals surface area (Å²) in [6.07, 6.45) is 0. The number of amides is 1. The van der Waals surface area contributed by atoms with E-state index in [1.54, 1.807) is 12.1 Å². The number of hydrogen-bond acceptors (Lipinski definition) is 1. The zero-order chi connectivity index (χ0) is 18.5. The Labute approximate surface area is 159 Å². The molecule has 0 bridgehead atoms. The van der Waals surface area contributed by atoms with Gasteiger partial charge in [0.05, 0.1) is 0 Å². The van der Waals surface area contributed by atoms with Crippen molar-refractivity contribution in [2.24, 2.45) is 0 Å². The van der Waals surface area contributed by atoms with Crippen LogP contribution >= 0.6 is 0 Å². The molecule has 1 amide bonds. The van der Waals surface area contributed by atoms with Gasteiger partial charge < -0.3 is 5.32 Å². The fourth-order valence-electron chi connectivity index (χ4n) is 3.02. The van der Waals surface area contributed by atoms with Gasteiger partial charge >= 0.3 is 0 Å². The molecule has 4 rings (SSSR count). The van der Waals surface area contributed by atoms with Crippen molar-refractivity contribution in [1.82, 2.24) is 0 Å². The molecule has 0 spiro atoms. The van der Waals surface area contributed by atoms with Gasteiger partial charge in [0.25, 0.3) is 5.91 Å². The molecule has 1 N–H and O–H groups in total. The van der Waals surface area contributed by atoms with Gasteiger partial charge in [-0.2, -0.15) is 0 Å². The van der Waals surface area contributed by atoms with Crippen LogP contribution in [0.5, 0.6) is 0 Å². The van der Waals surface area contributed by atoms with Crippen LogP contribution in [0, 0.1) is 0 Å². The molecule has 0 unspecified atom stereocenters. The van der Waals surface area contributed by atoms with Crippen molar-refractivity contribution in [1.29, 1.82) is 0 Å². The number of anilines is 1. The summed E-state index contributed by atoms with van der Waals surface area (Å²) in [5, 5.41) is 2.93. The lowest BCUT2D eigenvalue weighted by molar-refractivity contribution is 0.102. The van der Waals surface area contributed by atoms with Crippen LogP contribution in [0.4, 0.5) is 5.69 Å². The summed E-state index contributed by atoms with van der Waals surface area (Å²) >= 11 is 0. The quantitative estimate of drug-likeness (QED) is 0.462. The zero-order valence-corrected chi connectivity index (χ0v) is 14.8. The molecule has 0 saturated carbocycles. The molecule has 2 heteroatoms. The van der Waals surface area contributed by atoms with Gasteiger partial charge in [0, 0.05) is 11.3 Å². The van der Waals surface area contributed by atoms with Gasteiger partial charge in [-0.3, -0.25) is 4.79 Å². The Hall–Kier alpha value is -3.65. The van der Waals surface area contributed by atoms with E-state index < -0.39 is 0 Å². The Kier molecular flexibility index (Phi) is 4.80. The maximum absolute atomic E-state index is 12.2. The largest absolute Gasteiger partial charge is 0.322 e. The fourth-order valence-corrected chi connectivity index (χ4v) is 3.02.